The summed E-state index contributed by atoms with van der Waals surface area (Å²) in [5.41, 5.74) is 2.27. The number of amidine groups is 1. The summed E-state index contributed by atoms with van der Waals surface area (Å²) < 4.78 is 10.9. The molecule has 0 spiro atoms. The molecule has 0 amide bonds. The van der Waals surface area contributed by atoms with Crippen LogP contribution in [0.15, 0.2) is 23.2 Å². The van der Waals surface area contributed by atoms with Crippen LogP contribution in [0.5, 0.6) is 5.75 Å². The van der Waals surface area contributed by atoms with E-state index >= 15 is 0 Å². The lowest BCUT2D eigenvalue weighted by Crippen LogP contribution is -2.26. The molecule has 104 valence electrons. The van der Waals surface area contributed by atoms with Gasteiger partial charge in [0.15, 0.2) is 5.17 Å². The van der Waals surface area contributed by atoms with Gasteiger partial charge in [-0.05, 0) is 25.0 Å². The van der Waals surface area contributed by atoms with Crippen LogP contribution in [0.25, 0.3) is 0 Å². The largest absolute Gasteiger partial charge is 0.496 e. The molecule has 2 rings (SSSR count). The van der Waals surface area contributed by atoms with Crippen molar-refractivity contribution in [3.05, 3.63) is 23.8 Å². The molecule has 0 fully saturated rings. The van der Waals surface area contributed by atoms with Crippen molar-refractivity contribution in [2.75, 3.05) is 19.2 Å². The van der Waals surface area contributed by atoms with E-state index in [4.69, 9.17) is 9.47 Å². The van der Waals surface area contributed by atoms with Gasteiger partial charge in [0.2, 0.25) is 0 Å². The van der Waals surface area contributed by atoms with Gasteiger partial charge in [0.1, 0.15) is 17.9 Å². The van der Waals surface area contributed by atoms with E-state index in [0.29, 0.717) is 12.6 Å². The maximum Gasteiger partial charge on any atom is 0.165 e. The van der Waals surface area contributed by atoms with Crippen molar-refractivity contribution in [1.29, 1.82) is 0 Å². The van der Waals surface area contributed by atoms with Crippen LogP contribution < -0.4 is 10.1 Å². The summed E-state index contributed by atoms with van der Waals surface area (Å²) in [5, 5.41) is 4.27. The van der Waals surface area contributed by atoms with Gasteiger partial charge in [-0.1, -0.05) is 31.7 Å². The lowest BCUT2D eigenvalue weighted by Gasteiger charge is -2.25. The number of anilines is 1. The Bertz CT molecular complexity index is 475. The minimum absolute atomic E-state index is 0.158. The second kappa shape index (κ2) is 6.30. The number of nitrogens with zero attached hydrogens (tertiary/aromatic N) is 1. The smallest absolute Gasteiger partial charge is 0.165 e. The third kappa shape index (κ3) is 3.42. The minimum atomic E-state index is 0.158. The van der Waals surface area contributed by atoms with Crippen molar-refractivity contribution in [3.8, 4) is 5.75 Å². The molecule has 1 heterocycles. The molecule has 1 unspecified atom stereocenters. The fourth-order valence-electron chi connectivity index (χ4n) is 1.83. The molecule has 0 saturated carbocycles. The number of ether oxygens (including phenoxy) is 2. The third-order valence-corrected chi connectivity index (χ3v) is 4.33. The van der Waals surface area contributed by atoms with Crippen molar-refractivity contribution in [3.63, 3.8) is 0 Å². The molecule has 1 aromatic rings. The van der Waals surface area contributed by atoms with Gasteiger partial charge in [-0.2, -0.15) is 0 Å². The monoisotopic (exact) mass is 280 g/mol. The molecule has 5 heteroatoms. The zero-order chi connectivity index (χ0) is 13.8. The Hall–Kier alpha value is -1.20. The number of hydrogen-bond acceptors (Lipinski definition) is 5. The molecule has 0 bridgehead atoms. The van der Waals surface area contributed by atoms with E-state index < -0.39 is 0 Å². The summed E-state index contributed by atoms with van der Waals surface area (Å²) in [5.74, 6) is 1.34. The molecular formula is C14H20N2O2S. The highest BCUT2D eigenvalue weighted by Gasteiger charge is 2.21. The van der Waals surface area contributed by atoms with Gasteiger partial charge in [-0.15, -0.1) is 0 Å². The summed E-state index contributed by atoms with van der Waals surface area (Å²) in [6.07, 6.45) is 0. The van der Waals surface area contributed by atoms with Gasteiger partial charge < -0.3 is 14.8 Å². The van der Waals surface area contributed by atoms with Crippen LogP contribution in [0.1, 0.15) is 19.4 Å². The highest BCUT2D eigenvalue weighted by molar-refractivity contribution is 8.14. The van der Waals surface area contributed by atoms with Crippen molar-refractivity contribution in [1.82, 2.24) is 0 Å². The summed E-state index contributed by atoms with van der Waals surface area (Å²) in [4.78, 5) is 4.36. The fraction of sp³-hybridized carbons (Fsp3) is 0.500. The van der Waals surface area contributed by atoms with Crippen LogP contribution in [-0.2, 0) is 4.74 Å². The van der Waals surface area contributed by atoms with E-state index in [1.807, 2.05) is 25.1 Å². The molecule has 1 N–H and O–H groups in total. The molecule has 4 nitrogen and oxygen atoms in total. The maximum absolute atomic E-state index is 5.59. The fourth-order valence-corrected chi connectivity index (χ4v) is 2.75. The van der Waals surface area contributed by atoms with Crippen LogP contribution in [0, 0.1) is 12.8 Å². The SMILES string of the molecule is COc1cccc(NC2=NCOC(C(C)C)S2)c1C. The second-order valence-electron chi connectivity index (χ2n) is 4.75. The highest BCUT2D eigenvalue weighted by Crippen LogP contribution is 2.29. The molecular weight excluding hydrogens is 260 g/mol. The van der Waals surface area contributed by atoms with E-state index in [1.54, 1.807) is 18.9 Å². The molecule has 19 heavy (non-hydrogen) atoms. The Morgan fingerprint density at radius 3 is 2.95 bits per heavy atom. The number of benzene rings is 1. The van der Waals surface area contributed by atoms with Crippen LogP contribution >= 0.6 is 11.8 Å². The standard InChI is InChI=1S/C14H20N2O2S/c1-9(2)13-18-8-15-14(19-13)16-11-6-5-7-12(17-4)10(11)3/h5-7,9,13H,8H2,1-4H3,(H,15,16). The van der Waals surface area contributed by atoms with Crippen molar-refractivity contribution < 1.29 is 9.47 Å². The lowest BCUT2D eigenvalue weighted by atomic mass is 10.2. The number of methoxy groups -OCH3 is 1. The predicted octanol–water partition coefficient (Wildman–Crippen LogP) is 3.47. The Labute approximate surface area is 118 Å². The van der Waals surface area contributed by atoms with Gasteiger partial charge in [0, 0.05) is 11.3 Å². The molecule has 0 aliphatic carbocycles. The quantitative estimate of drug-likeness (QED) is 0.920. The average molecular weight is 280 g/mol. The second-order valence-corrected chi connectivity index (χ2v) is 5.83. The van der Waals surface area contributed by atoms with Crippen LogP contribution in [0.2, 0.25) is 0 Å². The first-order chi connectivity index (χ1) is 9.11. The number of thioether (sulfide) groups is 1. The molecule has 1 aliphatic heterocycles. The molecule has 0 radical (unpaired) electrons. The van der Waals surface area contributed by atoms with Crippen LogP contribution in [0.4, 0.5) is 5.69 Å². The van der Waals surface area contributed by atoms with Crippen molar-refractivity contribution >= 4 is 22.6 Å². The first-order valence-corrected chi connectivity index (χ1v) is 7.23. The summed E-state index contributed by atoms with van der Waals surface area (Å²) in [6.45, 7) is 6.75. The molecule has 1 aromatic carbocycles. The van der Waals surface area contributed by atoms with Gasteiger partial charge in [0.25, 0.3) is 0 Å². The average Bonchev–Trinajstić information content (AvgIpc) is 2.41. The third-order valence-electron chi connectivity index (χ3n) is 2.96. The van der Waals surface area contributed by atoms with Crippen LogP contribution in [0.3, 0.4) is 0 Å². The van der Waals surface area contributed by atoms with Gasteiger partial charge in [-0.25, -0.2) is 4.99 Å². The Morgan fingerprint density at radius 1 is 1.47 bits per heavy atom. The normalized spacial score (nSPS) is 19.2. The summed E-state index contributed by atoms with van der Waals surface area (Å²) in [6, 6.07) is 5.95. The topological polar surface area (TPSA) is 42.8 Å². The van der Waals surface area contributed by atoms with Crippen molar-refractivity contribution in [2.45, 2.75) is 26.2 Å². The zero-order valence-electron chi connectivity index (χ0n) is 11.8. The van der Waals surface area contributed by atoms with E-state index in [9.17, 15) is 0 Å². The number of hydrogen-bond donors (Lipinski definition) is 1. The minimum Gasteiger partial charge on any atom is -0.496 e. The predicted molar refractivity (Wildman–Crippen MR) is 81.0 cm³/mol. The van der Waals surface area contributed by atoms with Crippen LogP contribution in [-0.4, -0.2) is 24.4 Å². The van der Waals surface area contributed by atoms with E-state index in [0.717, 1.165) is 22.2 Å². The number of nitrogens with one attached hydrogen (secondary N) is 1. The maximum atomic E-state index is 5.59. The molecule has 0 aromatic heterocycles. The van der Waals surface area contributed by atoms with Crippen molar-refractivity contribution in [2.24, 2.45) is 10.9 Å². The van der Waals surface area contributed by atoms with Gasteiger partial charge in [0.05, 0.1) is 7.11 Å². The van der Waals surface area contributed by atoms with Gasteiger partial charge >= 0.3 is 0 Å². The number of rotatable bonds is 3. The first kappa shape index (κ1) is 14.2. The summed E-state index contributed by atoms with van der Waals surface area (Å²) in [7, 11) is 1.68. The molecule has 1 atom stereocenters. The zero-order valence-corrected chi connectivity index (χ0v) is 12.6. The Kier molecular flexibility index (Phi) is 4.71. The highest BCUT2D eigenvalue weighted by atomic mass is 32.2. The van der Waals surface area contributed by atoms with E-state index in [2.05, 4.69) is 24.2 Å². The molecule has 1 aliphatic rings. The lowest BCUT2D eigenvalue weighted by molar-refractivity contribution is 0.0884. The number of aliphatic imine (C=N–C) groups is 1. The summed E-state index contributed by atoms with van der Waals surface area (Å²) >= 11 is 1.63. The Balaban J connectivity index is 2.11. The first-order valence-electron chi connectivity index (χ1n) is 6.35. The van der Waals surface area contributed by atoms with E-state index in [1.165, 1.54) is 0 Å². The van der Waals surface area contributed by atoms with Gasteiger partial charge in [-0.3, -0.25) is 0 Å². The Morgan fingerprint density at radius 2 is 2.26 bits per heavy atom. The molecule has 0 saturated heterocycles. The van der Waals surface area contributed by atoms with E-state index in [-0.39, 0.29) is 5.44 Å².